The molecule has 0 aliphatic rings. The second-order valence-electron chi connectivity index (χ2n) is 4.79. The van der Waals surface area contributed by atoms with Gasteiger partial charge in [-0.15, -0.1) is 11.3 Å². The molecule has 3 nitrogen and oxygen atoms in total. The highest BCUT2D eigenvalue weighted by Gasteiger charge is 2.30. The average molecular weight is 328 g/mol. The summed E-state index contributed by atoms with van der Waals surface area (Å²) in [6, 6.07) is 4.59. The fourth-order valence-electron chi connectivity index (χ4n) is 2.02. The van der Waals surface area contributed by atoms with Gasteiger partial charge in [-0.3, -0.25) is 4.79 Å². The zero-order valence-corrected chi connectivity index (χ0v) is 12.9. The highest BCUT2D eigenvalue weighted by Crippen LogP contribution is 2.31. The van der Waals surface area contributed by atoms with E-state index in [1.165, 1.54) is 23.5 Å². The molecule has 0 aliphatic heterocycles. The van der Waals surface area contributed by atoms with E-state index in [-0.39, 0.29) is 5.69 Å². The van der Waals surface area contributed by atoms with Gasteiger partial charge in [0.25, 0.3) is 5.91 Å². The minimum Gasteiger partial charge on any atom is -0.321 e. The highest BCUT2D eigenvalue weighted by atomic mass is 32.1. The number of benzene rings is 1. The van der Waals surface area contributed by atoms with Gasteiger partial charge in [-0.2, -0.15) is 13.2 Å². The largest absolute Gasteiger partial charge is 0.416 e. The predicted octanol–water partition coefficient (Wildman–Crippen LogP) is 4.68. The first-order valence-corrected chi connectivity index (χ1v) is 7.58. The van der Waals surface area contributed by atoms with E-state index in [1.54, 1.807) is 6.92 Å². The van der Waals surface area contributed by atoms with Crippen molar-refractivity contribution in [3.05, 3.63) is 45.4 Å². The fourth-order valence-corrected chi connectivity index (χ4v) is 2.88. The Bertz CT molecular complexity index is 680. The summed E-state index contributed by atoms with van der Waals surface area (Å²) in [4.78, 5) is 17.0. The number of nitrogens with one attached hydrogen (secondary N) is 1. The third-order valence-electron chi connectivity index (χ3n) is 2.95. The topological polar surface area (TPSA) is 42.0 Å². The second-order valence-corrected chi connectivity index (χ2v) is 5.99. The Morgan fingerprint density at radius 2 is 2.09 bits per heavy atom. The van der Waals surface area contributed by atoms with Crippen LogP contribution in [0.25, 0.3) is 0 Å². The van der Waals surface area contributed by atoms with Gasteiger partial charge >= 0.3 is 6.18 Å². The summed E-state index contributed by atoms with van der Waals surface area (Å²) >= 11 is 1.25. The maximum Gasteiger partial charge on any atom is 0.416 e. The Hall–Kier alpha value is -1.89. The lowest BCUT2D eigenvalue weighted by molar-refractivity contribution is -0.137. The number of halogens is 3. The number of carbonyl (C=O) groups is 1. The van der Waals surface area contributed by atoms with E-state index in [4.69, 9.17) is 0 Å². The Labute approximate surface area is 130 Å². The van der Waals surface area contributed by atoms with Crippen LogP contribution in [0.4, 0.5) is 18.9 Å². The van der Waals surface area contributed by atoms with E-state index in [1.807, 2.05) is 6.92 Å². The second kappa shape index (κ2) is 6.48. The zero-order chi connectivity index (χ0) is 16.3. The Balaban J connectivity index is 2.22. The van der Waals surface area contributed by atoms with E-state index in [0.717, 1.165) is 23.6 Å². The lowest BCUT2D eigenvalue weighted by atomic mass is 10.2. The number of hydrogen-bond acceptors (Lipinski definition) is 3. The van der Waals surface area contributed by atoms with Crippen molar-refractivity contribution in [3.63, 3.8) is 0 Å². The molecule has 0 atom stereocenters. The van der Waals surface area contributed by atoms with Crippen LogP contribution in [0.15, 0.2) is 24.3 Å². The van der Waals surface area contributed by atoms with Crippen molar-refractivity contribution in [1.82, 2.24) is 4.98 Å². The van der Waals surface area contributed by atoms with Gasteiger partial charge in [0.15, 0.2) is 0 Å². The molecular weight excluding hydrogens is 313 g/mol. The maximum absolute atomic E-state index is 12.7. The van der Waals surface area contributed by atoms with Crippen LogP contribution in [0, 0.1) is 6.92 Å². The SMILES string of the molecule is CCCc1nc(C)sc1C(=O)Nc1cccc(C(F)(F)F)c1. The summed E-state index contributed by atoms with van der Waals surface area (Å²) in [7, 11) is 0. The summed E-state index contributed by atoms with van der Waals surface area (Å²) in [5, 5.41) is 3.28. The Morgan fingerprint density at radius 1 is 1.36 bits per heavy atom. The van der Waals surface area contributed by atoms with Gasteiger partial charge in [0.1, 0.15) is 4.88 Å². The molecule has 2 rings (SSSR count). The van der Waals surface area contributed by atoms with Crippen molar-refractivity contribution in [3.8, 4) is 0 Å². The number of anilines is 1. The molecule has 0 spiro atoms. The van der Waals surface area contributed by atoms with Crippen molar-refractivity contribution >= 4 is 22.9 Å². The van der Waals surface area contributed by atoms with Crippen molar-refractivity contribution in [2.75, 3.05) is 5.32 Å². The smallest absolute Gasteiger partial charge is 0.321 e. The van der Waals surface area contributed by atoms with Gasteiger partial charge in [0, 0.05) is 5.69 Å². The number of nitrogens with zero attached hydrogens (tertiary/aromatic N) is 1. The summed E-state index contributed by atoms with van der Waals surface area (Å²) in [6.07, 6.45) is -2.93. The number of aromatic nitrogens is 1. The van der Waals surface area contributed by atoms with Crippen LogP contribution < -0.4 is 5.32 Å². The van der Waals surface area contributed by atoms with Crippen LogP contribution in [0.2, 0.25) is 0 Å². The number of carbonyl (C=O) groups excluding carboxylic acids is 1. The van der Waals surface area contributed by atoms with Crippen molar-refractivity contribution in [2.45, 2.75) is 32.9 Å². The first-order chi connectivity index (χ1) is 10.3. The molecule has 0 saturated heterocycles. The lowest BCUT2D eigenvalue weighted by Gasteiger charge is -2.09. The molecule has 1 aromatic heterocycles. The van der Waals surface area contributed by atoms with Crippen LogP contribution in [0.1, 0.15) is 39.3 Å². The first kappa shape index (κ1) is 16.5. The molecule has 1 amide bonds. The summed E-state index contributed by atoms with van der Waals surface area (Å²) in [5.74, 6) is -0.423. The number of alkyl halides is 3. The van der Waals surface area contributed by atoms with Gasteiger partial charge in [0.2, 0.25) is 0 Å². The Morgan fingerprint density at radius 3 is 2.73 bits per heavy atom. The van der Waals surface area contributed by atoms with E-state index in [0.29, 0.717) is 17.0 Å². The number of hydrogen-bond donors (Lipinski definition) is 1. The molecule has 0 radical (unpaired) electrons. The molecule has 0 fully saturated rings. The normalized spacial score (nSPS) is 11.5. The van der Waals surface area contributed by atoms with Gasteiger partial charge < -0.3 is 5.32 Å². The predicted molar refractivity (Wildman–Crippen MR) is 80.2 cm³/mol. The molecule has 1 heterocycles. The number of rotatable bonds is 4. The molecule has 1 aromatic carbocycles. The standard InChI is InChI=1S/C15H15F3N2OS/c1-3-5-12-13(22-9(2)19-12)14(21)20-11-7-4-6-10(8-11)15(16,17)18/h4,6-8H,3,5H2,1-2H3,(H,20,21). The quantitative estimate of drug-likeness (QED) is 0.886. The van der Waals surface area contributed by atoms with E-state index < -0.39 is 17.6 Å². The van der Waals surface area contributed by atoms with Gasteiger partial charge in [-0.25, -0.2) is 4.98 Å². The van der Waals surface area contributed by atoms with Crippen molar-refractivity contribution < 1.29 is 18.0 Å². The van der Waals surface area contributed by atoms with Crippen LogP contribution in [0.3, 0.4) is 0 Å². The number of amides is 1. The monoisotopic (exact) mass is 328 g/mol. The van der Waals surface area contributed by atoms with Gasteiger partial charge in [-0.1, -0.05) is 19.4 Å². The zero-order valence-electron chi connectivity index (χ0n) is 12.1. The number of thiazole rings is 1. The summed E-state index contributed by atoms with van der Waals surface area (Å²) < 4.78 is 38.0. The first-order valence-electron chi connectivity index (χ1n) is 6.76. The summed E-state index contributed by atoms with van der Waals surface area (Å²) in [6.45, 7) is 3.77. The van der Waals surface area contributed by atoms with Crippen LogP contribution in [-0.2, 0) is 12.6 Å². The molecule has 2 aromatic rings. The van der Waals surface area contributed by atoms with Crippen LogP contribution in [0.5, 0.6) is 0 Å². The van der Waals surface area contributed by atoms with E-state index in [2.05, 4.69) is 10.3 Å². The Kier molecular flexibility index (Phi) is 4.85. The third-order valence-corrected chi connectivity index (χ3v) is 3.96. The molecule has 0 saturated carbocycles. The minimum absolute atomic E-state index is 0.119. The molecule has 0 aliphatic carbocycles. The molecule has 0 bridgehead atoms. The molecule has 1 N–H and O–H groups in total. The van der Waals surface area contributed by atoms with Crippen LogP contribution >= 0.6 is 11.3 Å². The van der Waals surface area contributed by atoms with E-state index in [9.17, 15) is 18.0 Å². The molecule has 118 valence electrons. The third kappa shape index (κ3) is 3.85. The molecular formula is C15H15F3N2OS. The maximum atomic E-state index is 12.7. The van der Waals surface area contributed by atoms with Gasteiger partial charge in [0.05, 0.1) is 16.3 Å². The fraction of sp³-hybridized carbons (Fsp3) is 0.333. The lowest BCUT2D eigenvalue weighted by Crippen LogP contribution is -2.13. The van der Waals surface area contributed by atoms with E-state index >= 15 is 0 Å². The molecule has 7 heteroatoms. The number of aryl methyl sites for hydroxylation is 2. The highest BCUT2D eigenvalue weighted by molar-refractivity contribution is 7.13. The van der Waals surface area contributed by atoms with Crippen molar-refractivity contribution in [1.29, 1.82) is 0 Å². The summed E-state index contributed by atoms with van der Waals surface area (Å²) in [5.41, 5.74) is 0.0161. The minimum atomic E-state index is -4.44. The molecule has 0 unspecified atom stereocenters. The van der Waals surface area contributed by atoms with Crippen molar-refractivity contribution in [2.24, 2.45) is 0 Å². The molecule has 22 heavy (non-hydrogen) atoms. The average Bonchev–Trinajstić information content (AvgIpc) is 2.79. The van der Waals surface area contributed by atoms with Gasteiger partial charge in [-0.05, 0) is 31.5 Å². The van der Waals surface area contributed by atoms with Crippen LogP contribution in [-0.4, -0.2) is 10.9 Å².